The minimum absolute atomic E-state index is 0.0173. The second-order valence-electron chi connectivity index (χ2n) is 3.04. The molecule has 0 unspecified atom stereocenters. The number of aromatic amines is 1. The monoisotopic (exact) mass is 205 g/mol. The molecule has 2 aromatic rings. The number of halogens is 1. The van der Waals surface area contributed by atoms with E-state index in [0.717, 1.165) is 0 Å². The van der Waals surface area contributed by atoms with Crippen LogP contribution in [0.1, 0.15) is 0 Å². The lowest BCUT2D eigenvalue weighted by molar-refractivity contribution is 0.632. The minimum atomic E-state index is -0.496. The van der Waals surface area contributed by atoms with Gasteiger partial charge in [0.1, 0.15) is 5.82 Å². The summed E-state index contributed by atoms with van der Waals surface area (Å²) < 4.78 is 12.9. The van der Waals surface area contributed by atoms with E-state index in [1.165, 1.54) is 24.4 Å². The lowest BCUT2D eigenvalue weighted by Crippen LogP contribution is -2.09. The Morgan fingerprint density at radius 1 is 1.33 bits per heavy atom. The molecule has 0 aliphatic heterocycles. The van der Waals surface area contributed by atoms with Crippen molar-refractivity contribution >= 4 is 5.69 Å². The van der Waals surface area contributed by atoms with Gasteiger partial charge in [-0.05, 0) is 23.8 Å². The summed E-state index contributed by atoms with van der Waals surface area (Å²) >= 11 is 0. The van der Waals surface area contributed by atoms with E-state index in [1.807, 2.05) is 0 Å². The Kier molecular flexibility index (Phi) is 2.21. The number of rotatable bonds is 1. The molecule has 0 aliphatic rings. The zero-order chi connectivity index (χ0) is 10.8. The Balaban J connectivity index is 2.60. The first-order chi connectivity index (χ1) is 7.18. The molecule has 1 heterocycles. The zero-order valence-electron chi connectivity index (χ0n) is 7.70. The number of nitrogens with two attached hydrogens (primary N) is 1. The third kappa shape index (κ3) is 1.71. The number of anilines is 1. The third-order valence-electron chi connectivity index (χ3n) is 2.03. The third-order valence-corrected chi connectivity index (χ3v) is 2.03. The predicted molar refractivity (Wildman–Crippen MR) is 54.7 cm³/mol. The van der Waals surface area contributed by atoms with E-state index in [4.69, 9.17) is 5.73 Å². The van der Waals surface area contributed by atoms with Gasteiger partial charge in [0, 0.05) is 6.20 Å². The molecular weight excluding hydrogens is 197 g/mol. The highest BCUT2D eigenvalue weighted by Crippen LogP contribution is 2.19. The summed E-state index contributed by atoms with van der Waals surface area (Å²) in [5.74, 6) is -0.496. The fourth-order valence-electron chi connectivity index (χ4n) is 1.28. The molecule has 1 aromatic carbocycles. The molecule has 76 valence electrons. The van der Waals surface area contributed by atoms with Crippen LogP contribution >= 0.6 is 0 Å². The molecule has 0 bridgehead atoms. The van der Waals surface area contributed by atoms with Crippen LogP contribution in [0.5, 0.6) is 0 Å². The topological polar surface area (TPSA) is 71.8 Å². The molecule has 0 saturated carbocycles. The molecule has 0 spiro atoms. The number of hydrogen-bond acceptors (Lipinski definition) is 3. The molecule has 3 N–H and O–H groups in total. The average Bonchev–Trinajstić information content (AvgIpc) is 2.23. The average molecular weight is 205 g/mol. The van der Waals surface area contributed by atoms with Gasteiger partial charge in [0.25, 0.3) is 5.56 Å². The van der Waals surface area contributed by atoms with Crippen LogP contribution < -0.4 is 11.3 Å². The van der Waals surface area contributed by atoms with Crippen molar-refractivity contribution in [1.29, 1.82) is 0 Å². The highest BCUT2D eigenvalue weighted by molar-refractivity contribution is 5.66. The van der Waals surface area contributed by atoms with Crippen molar-refractivity contribution in [3.8, 4) is 11.1 Å². The molecular formula is C10H8FN3O. The van der Waals surface area contributed by atoms with Crippen LogP contribution in [0.2, 0.25) is 0 Å². The highest BCUT2D eigenvalue weighted by Gasteiger charge is 2.05. The molecule has 2 rings (SSSR count). The summed E-state index contributed by atoms with van der Waals surface area (Å²) in [6.07, 6.45) is 1.45. The summed E-state index contributed by atoms with van der Waals surface area (Å²) in [7, 11) is 0. The first-order valence-corrected chi connectivity index (χ1v) is 4.27. The van der Waals surface area contributed by atoms with Gasteiger partial charge in [-0.3, -0.25) is 4.79 Å². The first-order valence-electron chi connectivity index (χ1n) is 4.27. The van der Waals surface area contributed by atoms with E-state index in [0.29, 0.717) is 11.1 Å². The van der Waals surface area contributed by atoms with Crippen LogP contribution in [0.3, 0.4) is 0 Å². The molecule has 1 aromatic heterocycles. The fraction of sp³-hybridized carbons (Fsp3) is 0. The maximum atomic E-state index is 12.9. The van der Waals surface area contributed by atoms with Gasteiger partial charge in [-0.15, -0.1) is 0 Å². The quantitative estimate of drug-likeness (QED) is 0.686. The Morgan fingerprint density at radius 3 is 2.80 bits per heavy atom. The molecule has 15 heavy (non-hydrogen) atoms. The molecule has 0 fully saturated rings. The SMILES string of the molecule is Nc1cc(-c2ccn[nH]c2=O)ccc1F. The van der Waals surface area contributed by atoms with Crippen LogP contribution in [-0.4, -0.2) is 10.2 Å². The number of hydrogen-bond donors (Lipinski definition) is 2. The molecule has 0 aliphatic carbocycles. The van der Waals surface area contributed by atoms with Crippen LogP contribution in [0.25, 0.3) is 11.1 Å². The number of nitrogen functional groups attached to an aromatic ring is 1. The normalized spacial score (nSPS) is 10.2. The smallest absolute Gasteiger partial charge is 0.272 e. The van der Waals surface area contributed by atoms with Gasteiger partial charge in [0.15, 0.2) is 0 Å². The van der Waals surface area contributed by atoms with E-state index in [1.54, 1.807) is 6.07 Å². The standard InChI is InChI=1S/C10H8FN3O/c11-8-2-1-6(5-9(8)12)7-3-4-13-14-10(7)15/h1-5H,12H2,(H,14,15). The summed E-state index contributed by atoms with van der Waals surface area (Å²) in [4.78, 5) is 11.4. The van der Waals surface area contributed by atoms with Crippen molar-refractivity contribution in [2.24, 2.45) is 0 Å². The molecule has 5 heteroatoms. The zero-order valence-corrected chi connectivity index (χ0v) is 7.70. The Hall–Kier alpha value is -2.17. The summed E-state index contributed by atoms with van der Waals surface area (Å²) in [5.41, 5.74) is 6.07. The van der Waals surface area contributed by atoms with Crippen molar-refractivity contribution in [1.82, 2.24) is 10.2 Å². The largest absolute Gasteiger partial charge is 0.396 e. The number of H-pyrrole nitrogens is 1. The summed E-state index contributed by atoms with van der Waals surface area (Å²) in [6.45, 7) is 0. The predicted octanol–water partition coefficient (Wildman–Crippen LogP) is 1.16. The van der Waals surface area contributed by atoms with Crippen LogP contribution in [-0.2, 0) is 0 Å². The minimum Gasteiger partial charge on any atom is -0.396 e. The van der Waals surface area contributed by atoms with Crippen molar-refractivity contribution < 1.29 is 4.39 Å². The molecule has 4 nitrogen and oxygen atoms in total. The van der Waals surface area contributed by atoms with Crippen molar-refractivity contribution in [3.63, 3.8) is 0 Å². The van der Waals surface area contributed by atoms with Crippen LogP contribution in [0, 0.1) is 5.82 Å². The second-order valence-corrected chi connectivity index (χ2v) is 3.04. The van der Waals surface area contributed by atoms with Gasteiger partial charge in [0.2, 0.25) is 0 Å². The summed E-state index contributed by atoms with van der Waals surface area (Å²) in [6, 6.07) is 5.69. The van der Waals surface area contributed by atoms with Gasteiger partial charge in [-0.1, -0.05) is 6.07 Å². The lowest BCUT2D eigenvalue weighted by atomic mass is 10.1. The molecule has 0 saturated heterocycles. The summed E-state index contributed by atoms with van der Waals surface area (Å²) in [5, 5.41) is 5.86. The van der Waals surface area contributed by atoms with E-state index in [9.17, 15) is 9.18 Å². The van der Waals surface area contributed by atoms with Crippen molar-refractivity contribution in [2.75, 3.05) is 5.73 Å². The number of nitrogens with zero attached hydrogens (tertiary/aromatic N) is 1. The van der Waals surface area contributed by atoms with Gasteiger partial charge >= 0.3 is 0 Å². The van der Waals surface area contributed by atoms with E-state index < -0.39 is 5.82 Å². The van der Waals surface area contributed by atoms with Crippen molar-refractivity contribution in [3.05, 3.63) is 46.6 Å². The Bertz CT molecular complexity index is 550. The maximum absolute atomic E-state index is 12.9. The molecule has 0 atom stereocenters. The van der Waals surface area contributed by atoms with E-state index >= 15 is 0 Å². The van der Waals surface area contributed by atoms with E-state index in [-0.39, 0.29) is 11.2 Å². The van der Waals surface area contributed by atoms with Gasteiger partial charge < -0.3 is 5.73 Å². The molecule has 0 amide bonds. The van der Waals surface area contributed by atoms with Gasteiger partial charge in [0.05, 0.1) is 11.3 Å². The Labute approximate surface area is 84.6 Å². The van der Waals surface area contributed by atoms with Gasteiger partial charge in [-0.25, -0.2) is 9.49 Å². The lowest BCUT2D eigenvalue weighted by Gasteiger charge is -2.01. The number of benzene rings is 1. The van der Waals surface area contributed by atoms with Crippen LogP contribution in [0.4, 0.5) is 10.1 Å². The van der Waals surface area contributed by atoms with Crippen LogP contribution in [0.15, 0.2) is 35.3 Å². The number of nitrogens with one attached hydrogen (secondary N) is 1. The van der Waals surface area contributed by atoms with Gasteiger partial charge in [-0.2, -0.15) is 5.10 Å². The number of aromatic nitrogens is 2. The second kappa shape index (κ2) is 3.53. The van der Waals surface area contributed by atoms with E-state index in [2.05, 4.69) is 10.2 Å². The maximum Gasteiger partial charge on any atom is 0.272 e. The molecule has 0 radical (unpaired) electrons. The fourth-order valence-corrected chi connectivity index (χ4v) is 1.28. The first kappa shape index (κ1) is 9.39. The Morgan fingerprint density at radius 2 is 2.13 bits per heavy atom. The highest BCUT2D eigenvalue weighted by atomic mass is 19.1. The van der Waals surface area contributed by atoms with Crippen molar-refractivity contribution in [2.45, 2.75) is 0 Å².